The number of carbonyl (C=O) groups excluding carboxylic acids is 1. The highest BCUT2D eigenvalue weighted by molar-refractivity contribution is 6.30. The predicted molar refractivity (Wildman–Crippen MR) is 90.6 cm³/mol. The van der Waals surface area contributed by atoms with Crippen molar-refractivity contribution < 1.29 is 14.6 Å². The number of benzene rings is 1. The van der Waals surface area contributed by atoms with Crippen LogP contribution < -0.4 is 0 Å². The number of aliphatic hydroxyl groups excluding tert-OH is 1. The van der Waals surface area contributed by atoms with Gasteiger partial charge < -0.3 is 9.84 Å². The SMILES string of the molecule is CCOC(=O)C(C)(C)C(O)C(Cc1ccc(Cl)cc1)n1cncn1. The molecule has 0 saturated heterocycles. The van der Waals surface area contributed by atoms with Gasteiger partial charge in [-0.05, 0) is 44.9 Å². The van der Waals surface area contributed by atoms with Crippen LogP contribution >= 0.6 is 11.6 Å². The van der Waals surface area contributed by atoms with Crippen LogP contribution in [0, 0.1) is 5.41 Å². The van der Waals surface area contributed by atoms with Crippen LogP contribution in [0.3, 0.4) is 0 Å². The minimum absolute atomic E-state index is 0.264. The Morgan fingerprint density at radius 2 is 2.04 bits per heavy atom. The molecule has 0 aliphatic heterocycles. The van der Waals surface area contributed by atoms with Gasteiger partial charge in [0.25, 0.3) is 0 Å². The molecule has 2 rings (SSSR count). The molecule has 0 amide bonds. The topological polar surface area (TPSA) is 77.2 Å². The first-order chi connectivity index (χ1) is 11.4. The van der Waals surface area contributed by atoms with Crippen molar-refractivity contribution in [1.29, 1.82) is 0 Å². The summed E-state index contributed by atoms with van der Waals surface area (Å²) < 4.78 is 6.67. The van der Waals surface area contributed by atoms with E-state index in [2.05, 4.69) is 10.1 Å². The normalized spacial score (nSPS) is 14.2. The molecule has 1 aromatic heterocycles. The zero-order valence-electron chi connectivity index (χ0n) is 14.0. The van der Waals surface area contributed by atoms with Gasteiger partial charge in [0.15, 0.2) is 0 Å². The smallest absolute Gasteiger partial charge is 0.314 e. The third kappa shape index (κ3) is 4.13. The summed E-state index contributed by atoms with van der Waals surface area (Å²) in [7, 11) is 0. The van der Waals surface area contributed by atoms with Gasteiger partial charge in [-0.2, -0.15) is 5.10 Å². The van der Waals surface area contributed by atoms with E-state index in [1.165, 1.54) is 12.7 Å². The molecule has 1 N–H and O–H groups in total. The summed E-state index contributed by atoms with van der Waals surface area (Å²) >= 11 is 5.92. The van der Waals surface area contributed by atoms with E-state index in [1.807, 2.05) is 12.1 Å². The summed E-state index contributed by atoms with van der Waals surface area (Å²) in [5.41, 5.74) is -0.113. The number of hydrogen-bond acceptors (Lipinski definition) is 5. The van der Waals surface area contributed by atoms with E-state index in [4.69, 9.17) is 16.3 Å². The average Bonchev–Trinajstić information content (AvgIpc) is 3.08. The lowest BCUT2D eigenvalue weighted by Crippen LogP contribution is -2.44. The molecule has 1 heterocycles. The van der Waals surface area contributed by atoms with Crippen molar-refractivity contribution in [3.05, 3.63) is 47.5 Å². The minimum Gasteiger partial charge on any atom is -0.466 e. The number of aliphatic hydroxyl groups is 1. The second-order valence-electron chi connectivity index (χ2n) is 6.16. The Hall–Kier alpha value is -1.92. The molecule has 24 heavy (non-hydrogen) atoms. The molecule has 0 aliphatic rings. The summed E-state index contributed by atoms with van der Waals surface area (Å²) in [6, 6.07) is 6.89. The Bertz CT molecular complexity index is 656. The number of nitrogens with zero attached hydrogens (tertiary/aromatic N) is 3. The maximum atomic E-state index is 12.2. The zero-order valence-corrected chi connectivity index (χ0v) is 14.8. The van der Waals surface area contributed by atoms with Crippen LogP contribution in [0.4, 0.5) is 0 Å². The van der Waals surface area contributed by atoms with Crippen LogP contribution in [0.25, 0.3) is 0 Å². The van der Waals surface area contributed by atoms with Gasteiger partial charge in [-0.3, -0.25) is 4.79 Å². The summed E-state index contributed by atoms with van der Waals surface area (Å²) in [4.78, 5) is 16.2. The first kappa shape index (κ1) is 18.4. The highest BCUT2D eigenvalue weighted by atomic mass is 35.5. The van der Waals surface area contributed by atoms with Gasteiger partial charge >= 0.3 is 5.97 Å². The number of carbonyl (C=O) groups is 1. The molecule has 6 nitrogen and oxygen atoms in total. The maximum absolute atomic E-state index is 12.2. The van der Waals surface area contributed by atoms with E-state index in [-0.39, 0.29) is 6.61 Å². The first-order valence-electron chi connectivity index (χ1n) is 7.80. The lowest BCUT2D eigenvalue weighted by atomic mass is 9.80. The van der Waals surface area contributed by atoms with Crippen LogP contribution in [0.2, 0.25) is 5.02 Å². The third-order valence-electron chi connectivity index (χ3n) is 4.04. The molecule has 130 valence electrons. The van der Waals surface area contributed by atoms with Crippen molar-refractivity contribution in [3.8, 4) is 0 Å². The van der Waals surface area contributed by atoms with Gasteiger partial charge in [-0.15, -0.1) is 0 Å². The Balaban J connectivity index is 2.29. The number of esters is 1. The molecular weight excluding hydrogens is 330 g/mol. The first-order valence-corrected chi connectivity index (χ1v) is 8.18. The van der Waals surface area contributed by atoms with Crippen LogP contribution in [0.15, 0.2) is 36.9 Å². The van der Waals surface area contributed by atoms with E-state index in [9.17, 15) is 9.90 Å². The van der Waals surface area contributed by atoms with Crippen LogP contribution in [0.5, 0.6) is 0 Å². The van der Waals surface area contributed by atoms with Crippen molar-refractivity contribution in [2.75, 3.05) is 6.61 Å². The summed E-state index contributed by atoms with van der Waals surface area (Å²) in [6.45, 7) is 5.34. The van der Waals surface area contributed by atoms with E-state index in [0.717, 1.165) is 5.56 Å². The van der Waals surface area contributed by atoms with Crippen molar-refractivity contribution in [2.45, 2.75) is 39.3 Å². The molecule has 2 unspecified atom stereocenters. The van der Waals surface area contributed by atoms with E-state index < -0.39 is 23.5 Å². The average molecular weight is 352 g/mol. The monoisotopic (exact) mass is 351 g/mol. The van der Waals surface area contributed by atoms with Crippen molar-refractivity contribution in [1.82, 2.24) is 14.8 Å². The molecule has 0 aliphatic carbocycles. The Morgan fingerprint density at radius 3 is 2.58 bits per heavy atom. The van der Waals surface area contributed by atoms with Gasteiger partial charge in [0.2, 0.25) is 0 Å². The van der Waals surface area contributed by atoms with Crippen molar-refractivity contribution in [3.63, 3.8) is 0 Å². The fourth-order valence-corrected chi connectivity index (χ4v) is 2.65. The molecular formula is C17H22ClN3O3. The van der Waals surface area contributed by atoms with Crippen molar-refractivity contribution >= 4 is 17.6 Å². The standard InChI is InChI=1S/C17H22ClN3O3/c1-4-24-16(23)17(2,3)15(22)14(21-11-19-10-20-21)9-12-5-7-13(18)8-6-12/h5-8,10-11,14-15,22H,4,9H2,1-3H3. The molecule has 0 saturated carbocycles. The Labute approximate surface area is 146 Å². The highest BCUT2D eigenvalue weighted by Crippen LogP contribution is 2.32. The summed E-state index contributed by atoms with van der Waals surface area (Å²) in [6.07, 6.45) is 2.41. The number of ether oxygens (including phenoxy) is 1. The van der Waals surface area contributed by atoms with Gasteiger partial charge in [0, 0.05) is 5.02 Å². The maximum Gasteiger partial charge on any atom is 0.314 e. The molecule has 2 atom stereocenters. The minimum atomic E-state index is -1.08. The van der Waals surface area contributed by atoms with E-state index in [1.54, 1.807) is 37.6 Å². The molecule has 0 spiro atoms. The molecule has 0 bridgehead atoms. The van der Waals surface area contributed by atoms with Crippen molar-refractivity contribution in [2.24, 2.45) is 5.41 Å². The number of hydrogen-bond donors (Lipinski definition) is 1. The van der Waals surface area contributed by atoms with E-state index in [0.29, 0.717) is 11.4 Å². The van der Waals surface area contributed by atoms with Gasteiger partial charge in [0.1, 0.15) is 12.7 Å². The van der Waals surface area contributed by atoms with Crippen LogP contribution in [0.1, 0.15) is 32.4 Å². The molecule has 0 fully saturated rings. The highest BCUT2D eigenvalue weighted by Gasteiger charge is 2.42. The third-order valence-corrected chi connectivity index (χ3v) is 4.29. The second kappa shape index (κ2) is 7.77. The Kier molecular flexibility index (Phi) is 5.96. The summed E-state index contributed by atoms with van der Waals surface area (Å²) in [5, 5.41) is 15.7. The van der Waals surface area contributed by atoms with E-state index >= 15 is 0 Å². The quantitative estimate of drug-likeness (QED) is 0.776. The zero-order chi connectivity index (χ0) is 17.7. The predicted octanol–water partition coefficient (Wildman–Crippen LogP) is 2.67. The lowest BCUT2D eigenvalue weighted by molar-refractivity contribution is -0.162. The lowest BCUT2D eigenvalue weighted by Gasteiger charge is -2.34. The van der Waals surface area contributed by atoms with Gasteiger partial charge in [-0.25, -0.2) is 9.67 Å². The molecule has 7 heteroatoms. The number of aromatic nitrogens is 3. The van der Waals surface area contributed by atoms with Crippen LogP contribution in [-0.2, 0) is 16.0 Å². The molecule has 1 aromatic carbocycles. The molecule has 0 radical (unpaired) electrons. The number of halogens is 1. The largest absolute Gasteiger partial charge is 0.466 e. The van der Waals surface area contributed by atoms with Gasteiger partial charge in [0.05, 0.1) is 24.2 Å². The molecule has 2 aromatic rings. The fraction of sp³-hybridized carbons (Fsp3) is 0.471. The van der Waals surface area contributed by atoms with Crippen LogP contribution in [-0.4, -0.2) is 38.6 Å². The summed E-state index contributed by atoms with van der Waals surface area (Å²) in [5.74, 6) is -0.446. The Morgan fingerprint density at radius 1 is 1.38 bits per heavy atom. The van der Waals surface area contributed by atoms with Gasteiger partial charge in [-0.1, -0.05) is 23.7 Å². The number of rotatable bonds is 7. The second-order valence-corrected chi connectivity index (χ2v) is 6.60. The fourth-order valence-electron chi connectivity index (χ4n) is 2.52.